The van der Waals surface area contributed by atoms with E-state index in [1.165, 1.54) is 6.42 Å². The second-order valence-electron chi connectivity index (χ2n) is 7.84. The highest BCUT2D eigenvalue weighted by Gasteiger charge is 2.29. The second kappa shape index (κ2) is 8.11. The van der Waals surface area contributed by atoms with Crippen molar-refractivity contribution in [3.05, 3.63) is 30.5 Å². The molecule has 3 rings (SSSR count). The average Bonchev–Trinajstić information content (AvgIpc) is 2.97. The number of hydrogen-bond donors (Lipinski definition) is 1. The molecule has 1 saturated carbocycles. The third-order valence-corrected chi connectivity index (χ3v) is 6.52. The first-order valence-corrected chi connectivity index (χ1v) is 11.8. The maximum atomic E-state index is 11.6. The molecule has 0 amide bonds. The number of ether oxygens (including phenoxy) is 1. The van der Waals surface area contributed by atoms with Crippen LogP contribution in [-0.2, 0) is 10.0 Å². The van der Waals surface area contributed by atoms with Gasteiger partial charge >= 0.3 is 0 Å². The van der Waals surface area contributed by atoms with Crippen LogP contribution in [0.2, 0.25) is 0 Å². The number of hydrogen-bond acceptors (Lipinski definition) is 5. The van der Waals surface area contributed by atoms with Crippen LogP contribution in [-0.4, -0.2) is 35.9 Å². The van der Waals surface area contributed by atoms with Gasteiger partial charge in [-0.2, -0.15) is 0 Å². The van der Waals surface area contributed by atoms with Gasteiger partial charge in [-0.1, -0.05) is 26.3 Å². The van der Waals surface area contributed by atoms with Crippen LogP contribution in [0.5, 0.6) is 5.75 Å². The van der Waals surface area contributed by atoms with Crippen molar-refractivity contribution in [2.45, 2.75) is 58.3 Å². The predicted octanol–water partition coefficient (Wildman–Crippen LogP) is 4.13. The Bertz CT molecular complexity index is 944. The van der Waals surface area contributed by atoms with Crippen LogP contribution in [0.25, 0.3) is 5.65 Å². The van der Waals surface area contributed by atoms with Gasteiger partial charge in [-0.3, -0.25) is 9.12 Å². The minimum absolute atomic E-state index is 0.0709. The third kappa shape index (κ3) is 4.32. The molecule has 1 aliphatic carbocycles. The van der Waals surface area contributed by atoms with Gasteiger partial charge in [0.25, 0.3) is 0 Å². The molecule has 0 saturated heterocycles. The fourth-order valence-corrected chi connectivity index (χ4v) is 4.13. The summed E-state index contributed by atoms with van der Waals surface area (Å²) < 4.78 is 33.7. The van der Waals surface area contributed by atoms with E-state index in [1.807, 2.05) is 18.3 Å². The number of fused-ring (bicyclic) bond motifs is 1. The first-order chi connectivity index (χ1) is 13.3. The van der Waals surface area contributed by atoms with E-state index in [0.717, 1.165) is 49.7 Å². The molecule has 0 spiro atoms. The minimum Gasteiger partial charge on any atom is -0.493 e. The zero-order valence-corrected chi connectivity index (χ0v) is 17.8. The number of allylic oxidation sites excluding steroid dienone is 1. The quantitative estimate of drug-likeness (QED) is 0.600. The van der Waals surface area contributed by atoms with Gasteiger partial charge in [-0.15, -0.1) is 16.8 Å². The summed E-state index contributed by atoms with van der Waals surface area (Å²) in [6, 6.07) is 1.87. The Morgan fingerprint density at radius 2 is 2.07 bits per heavy atom. The Morgan fingerprint density at radius 1 is 1.36 bits per heavy atom. The third-order valence-electron chi connectivity index (χ3n) is 5.97. The van der Waals surface area contributed by atoms with Crippen molar-refractivity contribution >= 4 is 21.6 Å². The van der Waals surface area contributed by atoms with E-state index in [4.69, 9.17) is 4.74 Å². The Kier molecular flexibility index (Phi) is 5.98. The SMILES string of the molecule is C=CCC(CC)(CC)COc1cc2nnc(NS(C)(=O)=O)n2cc1C1CCC1. The Balaban J connectivity index is 1.96. The van der Waals surface area contributed by atoms with Crippen LogP contribution in [0.4, 0.5) is 5.95 Å². The van der Waals surface area contributed by atoms with Gasteiger partial charge in [0.1, 0.15) is 5.75 Å². The predicted molar refractivity (Wildman–Crippen MR) is 111 cm³/mol. The summed E-state index contributed by atoms with van der Waals surface area (Å²) in [4.78, 5) is 0. The summed E-state index contributed by atoms with van der Waals surface area (Å²) in [5.41, 5.74) is 1.72. The molecule has 0 aliphatic heterocycles. The molecule has 1 N–H and O–H groups in total. The highest BCUT2D eigenvalue weighted by atomic mass is 32.2. The fraction of sp³-hybridized carbons (Fsp3) is 0.600. The van der Waals surface area contributed by atoms with E-state index in [1.54, 1.807) is 4.40 Å². The zero-order valence-electron chi connectivity index (χ0n) is 16.9. The van der Waals surface area contributed by atoms with Crippen LogP contribution in [0.3, 0.4) is 0 Å². The fourth-order valence-electron chi connectivity index (χ4n) is 3.66. The number of nitrogens with one attached hydrogen (secondary N) is 1. The lowest BCUT2D eigenvalue weighted by atomic mass is 9.79. The molecule has 2 aromatic heterocycles. The van der Waals surface area contributed by atoms with Crippen LogP contribution in [0.1, 0.15) is 63.9 Å². The van der Waals surface area contributed by atoms with Gasteiger partial charge in [-0.05, 0) is 38.0 Å². The summed E-state index contributed by atoms with van der Waals surface area (Å²) in [5, 5.41) is 8.11. The molecule has 8 heteroatoms. The van der Waals surface area contributed by atoms with Crippen molar-refractivity contribution < 1.29 is 13.2 Å². The summed E-state index contributed by atoms with van der Waals surface area (Å²) in [6.45, 7) is 8.90. The lowest BCUT2D eigenvalue weighted by molar-refractivity contribution is 0.133. The first-order valence-electron chi connectivity index (χ1n) is 9.91. The normalized spacial score (nSPS) is 15.4. The van der Waals surface area contributed by atoms with Gasteiger partial charge in [0, 0.05) is 23.2 Å². The molecule has 2 heterocycles. The van der Waals surface area contributed by atoms with Crippen LogP contribution in [0.15, 0.2) is 24.9 Å². The molecule has 1 fully saturated rings. The summed E-state index contributed by atoms with van der Waals surface area (Å²) in [5.74, 6) is 1.45. The molecule has 7 nitrogen and oxygen atoms in total. The van der Waals surface area contributed by atoms with Gasteiger partial charge in [0.05, 0.1) is 12.9 Å². The molecule has 0 unspecified atom stereocenters. The number of anilines is 1. The lowest BCUT2D eigenvalue weighted by Crippen LogP contribution is -2.27. The van der Waals surface area contributed by atoms with Crippen molar-refractivity contribution in [1.82, 2.24) is 14.6 Å². The molecule has 0 radical (unpaired) electrons. The monoisotopic (exact) mass is 406 g/mol. The van der Waals surface area contributed by atoms with E-state index >= 15 is 0 Å². The highest BCUT2D eigenvalue weighted by Crippen LogP contribution is 2.42. The number of sulfonamides is 1. The molecule has 0 bridgehead atoms. The Hall–Kier alpha value is -2.09. The number of nitrogens with zero attached hydrogens (tertiary/aromatic N) is 3. The minimum atomic E-state index is -3.43. The van der Waals surface area contributed by atoms with Crippen molar-refractivity contribution in [2.75, 3.05) is 17.6 Å². The largest absolute Gasteiger partial charge is 0.493 e. The molecule has 154 valence electrons. The maximum Gasteiger partial charge on any atom is 0.242 e. The van der Waals surface area contributed by atoms with Crippen LogP contribution >= 0.6 is 0 Å². The lowest BCUT2D eigenvalue weighted by Gasteiger charge is -2.32. The van der Waals surface area contributed by atoms with E-state index < -0.39 is 10.0 Å². The number of pyridine rings is 1. The standard InChI is InChI=1S/C20H30N4O3S/c1-5-11-20(6-2,7-3)14-27-17-12-18-21-22-19(23-28(4,25)26)24(18)13-16(17)15-9-8-10-15/h5,12-13,15H,1,6-11,14H2,2-4H3,(H,22,23). The van der Waals surface area contributed by atoms with E-state index in [9.17, 15) is 8.42 Å². The average molecular weight is 407 g/mol. The van der Waals surface area contributed by atoms with Crippen LogP contribution in [0, 0.1) is 5.41 Å². The summed E-state index contributed by atoms with van der Waals surface area (Å²) in [7, 11) is -3.43. The van der Waals surface area contributed by atoms with Crippen LogP contribution < -0.4 is 9.46 Å². The summed E-state index contributed by atoms with van der Waals surface area (Å²) in [6.07, 6.45) is 11.4. The highest BCUT2D eigenvalue weighted by molar-refractivity contribution is 7.91. The van der Waals surface area contributed by atoms with Crippen molar-refractivity contribution in [2.24, 2.45) is 5.41 Å². The van der Waals surface area contributed by atoms with Crippen molar-refractivity contribution in [3.63, 3.8) is 0 Å². The van der Waals surface area contributed by atoms with Gasteiger partial charge in [-0.25, -0.2) is 8.42 Å². The molecular weight excluding hydrogens is 376 g/mol. The van der Waals surface area contributed by atoms with E-state index in [2.05, 4.69) is 35.3 Å². The number of rotatable bonds is 10. The molecular formula is C20H30N4O3S. The molecule has 2 aromatic rings. The van der Waals surface area contributed by atoms with E-state index in [0.29, 0.717) is 18.2 Å². The molecule has 28 heavy (non-hydrogen) atoms. The van der Waals surface area contributed by atoms with Crippen molar-refractivity contribution in [1.29, 1.82) is 0 Å². The second-order valence-corrected chi connectivity index (χ2v) is 9.58. The topological polar surface area (TPSA) is 85.6 Å². The zero-order chi connectivity index (χ0) is 20.4. The Morgan fingerprint density at radius 3 is 2.61 bits per heavy atom. The van der Waals surface area contributed by atoms with Crippen molar-refractivity contribution in [3.8, 4) is 5.75 Å². The van der Waals surface area contributed by atoms with Gasteiger partial charge < -0.3 is 4.74 Å². The Labute approximate surface area is 167 Å². The van der Waals surface area contributed by atoms with E-state index in [-0.39, 0.29) is 11.4 Å². The number of aromatic nitrogens is 3. The maximum absolute atomic E-state index is 11.6. The molecule has 0 aromatic carbocycles. The summed E-state index contributed by atoms with van der Waals surface area (Å²) >= 11 is 0. The molecule has 0 atom stereocenters. The van der Waals surface area contributed by atoms with Gasteiger partial charge in [0.2, 0.25) is 16.0 Å². The molecule has 1 aliphatic rings. The first kappa shape index (κ1) is 20.6. The smallest absolute Gasteiger partial charge is 0.242 e. The van der Waals surface area contributed by atoms with Gasteiger partial charge in [0.15, 0.2) is 5.65 Å².